The molecule has 3 rings (SSSR count). The lowest BCUT2D eigenvalue weighted by atomic mass is 10.0. The van der Waals surface area contributed by atoms with Gasteiger partial charge in [0, 0.05) is 11.4 Å². The van der Waals surface area contributed by atoms with Gasteiger partial charge >= 0.3 is 0 Å². The zero-order valence-electron chi connectivity index (χ0n) is 16.2. The van der Waals surface area contributed by atoms with E-state index in [0.717, 1.165) is 28.2 Å². The van der Waals surface area contributed by atoms with Crippen LogP contribution in [0.25, 0.3) is 11.1 Å². The Kier molecular flexibility index (Phi) is 6.89. The Hall–Kier alpha value is -2.58. The summed E-state index contributed by atoms with van der Waals surface area (Å²) in [5.74, 6) is 1.72. The molecule has 0 heterocycles. The van der Waals surface area contributed by atoms with Gasteiger partial charge < -0.3 is 4.74 Å². The summed E-state index contributed by atoms with van der Waals surface area (Å²) < 4.78 is 20.1. The van der Waals surface area contributed by atoms with Crippen molar-refractivity contribution in [3.63, 3.8) is 0 Å². The molecule has 0 saturated heterocycles. The molecule has 0 unspecified atom stereocenters. The number of benzene rings is 3. The highest BCUT2D eigenvalue weighted by atomic mass is 35.5. The molecule has 0 atom stereocenters. The second kappa shape index (κ2) is 9.57. The molecule has 0 aromatic heterocycles. The van der Waals surface area contributed by atoms with Gasteiger partial charge in [0.1, 0.15) is 11.5 Å². The maximum absolute atomic E-state index is 14.1. The van der Waals surface area contributed by atoms with E-state index in [0.29, 0.717) is 23.8 Å². The van der Waals surface area contributed by atoms with Crippen LogP contribution >= 0.6 is 11.6 Å². The average Bonchev–Trinajstić information content (AvgIpc) is 2.67. The Morgan fingerprint density at radius 1 is 0.929 bits per heavy atom. The molecular weight excluding hydrogens is 371 g/mol. The van der Waals surface area contributed by atoms with Gasteiger partial charge in [0.2, 0.25) is 0 Å². The van der Waals surface area contributed by atoms with Crippen molar-refractivity contribution >= 4 is 11.6 Å². The predicted molar refractivity (Wildman–Crippen MR) is 116 cm³/mol. The van der Waals surface area contributed by atoms with Crippen LogP contribution in [0.3, 0.4) is 0 Å². The third-order valence-electron chi connectivity index (χ3n) is 4.29. The second-order valence-electron chi connectivity index (χ2n) is 7.24. The summed E-state index contributed by atoms with van der Waals surface area (Å²) in [4.78, 5) is 0. The van der Waals surface area contributed by atoms with Crippen LogP contribution < -0.4 is 4.74 Å². The molecule has 3 aromatic rings. The fourth-order valence-corrected chi connectivity index (χ4v) is 3.10. The number of rotatable bonds is 7. The lowest BCUT2D eigenvalue weighted by Gasteiger charge is -2.11. The van der Waals surface area contributed by atoms with Crippen molar-refractivity contribution < 1.29 is 9.13 Å². The van der Waals surface area contributed by atoms with Gasteiger partial charge in [-0.25, -0.2) is 4.39 Å². The molecule has 28 heavy (non-hydrogen) atoms. The predicted octanol–water partition coefficient (Wildman–Crippen LogP) is 8.24. The quantitative estimate of drug-likeness (QED) is 0.392. The van der Waals surface area contributed by atoms with Gasteiger partial charge in [-0.05, 0) is 71.5 Å². The Balaban J connectivity index is 1.92. The third kappa shape index (κ3) is 5.97. The average molecular weight is 395 g/mol. The number of para-hydroxylation sites is 1. The van der Waals surface area contributed by atoms with E-state index in [-0.39, 0.29) is 5.83 Å². The first-order valence-electron chi connectivity index (χ1n) is 9.47. The van der Waals surface area contributed by atoms with E-state index in [2.05, 4.69) is 6.07 Å². The van der Waals surface area contributed by atoms with Crippen LogP contribution in [0.15, 0.2) is 84.7 Å². The molecule has 3 heteroatoms. The smallest absolute Gasteiger partial charge is 0.128 e. The normalized spacial score (nSPS) is 11.7. The first-order chi connectivity index (χ1) is 13.5. The van der Waals surface area contributed by atoms with E-state index in [4.69, 9.17) is 16.3 Å². The topological polar surface area (TPSA) is 9.23 Å². The van der Waals surface area contributed by atoms with Crippen molar-refractivity contribution in [1.82, 2.24) is 0 Å². The molecule has 0 bridgehead atoms. The lowest BCUT2D eigenvalue weighted by molar-refractivity contribution is 0.482. The molecule has 0 aliphatic rings. The molecule has 0 radical (unpaired) electrons. The molecule has 0 spiro atoms. The standard InChI is InChI=1S/C25H24ClFO/c1-18(2)14-23(27)13-8-19-15-21(20-9-11-22(26)12-10-20)17-25(16-19)28-24-6-4-3-5-7-24/h3-7,9-13,15-18H,8,14H2,1-2H3/b23-13-. The molecular formula is C25H24ClFO. The molecule has 144 valence electrons. The molecule has 0 N–H and O–H groups in total. The van der Waals surface area contributed by atoms with Crippen LogP contribution in [0, 0.1) is 5.92 Å². The van der Waals surface area contributed by atoms with E-state index in [1.165, 1.54) is 0 Å². The van der Waals surface area contributed by atoms with Crippen molar-refractivity contribution in [3.05, 3.63) is 95.3 Å². The first-order valence-corrected chi connectivity index (χ1v) is 9.85. The minimum Gasteiger partial charge on any atom is -0.457 e. The molecule has 1 nitrogen and oxygen atoms in total. The van der Waals surface area contributed by atoms with Gasteiger partial charge in [0.05, 0.1) is 5.83 Å². The summed E-state index contributed by atoms with van der Waals surface area (Å²) >= 11 is 6.02. The summed E-state index contributed by atoms with van der Waals surface area (Å²) in [7, 11) is 0. The van der Waals surface area contributed by atoms with E-state index in [1.54, 1.807) is 6.08 Å². The van der Waals surface area contributed by atoms with E-state index >= 15 is 0 Å². The van der Waals surface area contributed by atoms with Crippen molar-refractivity contribution in [2.75, 3.05) is 0 Å². The molecule has 0 aliphatic heterocycles. The zero-order chi connectivity index (χ0) is 19.9. The largest absolute Gasteiger partial charge is 0.457 e. The van der Waals surface area contributed by atoms with Gasteiger partial charge in [0.15, 0.2) is 0 Å². The van der Waals surface area contributed by atoms with Gasteiger partial charge in [0.25, 0.3) is 0 Å². The Morgan fingerprint density at radius 2 is 1.64 bits per heavy atom. The fourth-order valence-electron chi connectivity index (χ4n) is 2.97. The van der Waals surface area contributed by atoms with Crippen molar-refractivity contribution in [2.45, 2.75) is 26.7 Å². The fraction of sp³-hybridized carbons (Fsp3) is 0.200. The van der Waals surface area contributed by atoms with Crippen LogP contribution in [-0.4, -0.2) is 0 Å². The van der Waals surface area contributed by atoms with E-state index in [9.17, 15) is 4.39 Å². The summed E-state index contributed by atoms with van der Waals surface area (Å²) in [6.07, 6.45) is 2.64. The van der Waals surface area contributed by atoms with Crippen LogP contribution in [-0.2, 0) is 6.42 Å². The number of halogens is 2. The van der Waals surface area contributed by atoms with Gasteiger partial charge in [-0.3, -0.25) is 0 Å². The monoisotopic (exact) mass is 394 g/mol. The number of ether oxygens (including phenoxy) is 1. The third-order valence-corrected chi connectivity index (χ3v) is 4.54. The molecule has 3 aromatic carbocycles. The van der Waals surface area contributed by atoms with Crippen molar-refractivity contribution in [2.24, 2.45) is 5.92 Å². The maximum atomic E-state index is 14.1. The number of allylic oxidation sites excluding steroid dienone is 2. The molecule has 0 saturated carbocycles. The van der Waals surface area contributed by atoms with Crippen molar-refractivity contribution in [1.29, 1.82) is 0 Å². The Labute approximate surface area is 171 Å². The highest BCUT2D eigenvalue weighted by molar-refractivity contribution is 6.30. The maximum Gasteiger partial charge on any atom is 0.128 e. The SMILES string of the molecule is CC(C)C/C(F)=C/Cc1cc(Oc2ccccc2)cc(-c2ccc(Cl)cc2)c1. The molecule has 0 aliphatic carbocycles. The van der Waals surface area contributed by atoms with Crippen LogP contribution in [0.2, 0.25) is 5.02 Å². The summed E-state index contributed by atoms with van der Waals surface area (Å²) in [6, 6.07) is 23.4. The van der Waals surface area contributed by atoms with Crippen LogP contribution in [0.5, 0.6) is 11.5 Å². The van der Waals surface area contributed by atoms with Crippen LogP contribution in [0.4, 0.5) is 4.39 Å². The second-order valence-corrected chi connectivity index (χ2v) is 7.68. The highest BCUT2D eigenvalue weighted by Gasteiger charge is 2.07. The molecule has 0 amide bonds. The van der Waals surface area contributed by atoms with Crippen LogP contribution in [0.1, 0.15) is 25.8 Å². The Morgan fingerprint density at radius 3 is 2.32 bits per heavy atom. The Bertz CT molecular complexity index is 931. The van der Waals surface area contributed by atoms with Crippen molar-refractivity contribution in [3.8, 4) is 22.6 Å². The minimum atomic E-state index is -0.0718. The first kappa shape index (κ1) is 20.2. The number of hydrogen-bond donors (Lipinski definition) is 0. The zero-order valence-corrected chi connectivity index (χ0v) is 16.9. The minimum absolute atomic E-state index is 0.0718. The molecule has 0 fully saturated rings. The lowest BCUT2D eigenvalue weighted by Crippen LogP contribution is -1.91. The summed E-state index contributed by atoms with van der Waals surface area (Å²) in [6.45, 7) is 4.03. The van der Waals surface area contributed by atoms with Gasteiger partial charge in [-0.15, -0.1) is 0 Å². The van der Waals surface area contributed by atoms with Gasteiger partial charge in [-0.1, -0.05) is 61.8 Å². The number of hydrogen-bond acceptors (Lipinski definition) is 1. The van der Waals surface area contributed by atoms with E-state index in [1.807, 2.05) is 80.6 Å². The highest BCUT2D eigenvalue weighted by Crippen LogP contribution is 2.30. The van der Waals surface area contributed by atoms with Gasteiger partial charge in [-0.2, -0.15) is 0 Å². The summed E-state index contributed by atoms with van der Waals surface area (Å²) in [5.41, 5.74) is 3.05. The van der Waals surface area contributed by atoms with E-state index < -0.39 is 0 Å². The summed E-state index contributed by atoms with van der Waals surface area (Å²) in [5, 5.41) is 0.694.